The fraction of sp³-hybridized carbons (Fsp3) is 0.182. The Hall–Kier alpha value is -2.28. The summed E-state index contributed by atoms with van der Waals surface area (Å²) in [4.78, 5) is 19.9. The molecule has 0 aliphatic rings. The van der Waals surface area contributed by atoms with E-state index >= 15 is 0 Å². The van der Waals surface area contributed by atoms with Crippen LogP contribution in [0.25, 0.3) is 0 Å². The van der Waals surface area contributed by atoms with Crippen LogP contribution in [0.4, 0.5) is 11.8 Å². The molecule has 3 N–H and O–H groups in total. The fourth-order valence-corrected chi connectivity index (χ4v) is 1.50. The van der Waals surface area contributed by atoms with Crippen LogP contribution >= 0.6 is 11.6 Å². The van der Waals surface area contributed by atoms with Gasteiger partial charge >= 0.3 is 0 Å². The molecule has 2 aromatic heterocycles. The lowest BCUT2D eigenvalue weighted by atomic mass is 10.2. The van der Waals surface area contributed by atoms with E-state index in [0.29, 0.717) is 11.4 Å². The van der Waals surface area contributed by atoms with Crippen molar-refractivity contribution in [2.75, 3.05) is 11.1 Å². The van der Waals surface area contributed by atoms with Gasteiger partial charge in [-0.1, -0.05) is 11.6 Å². The molecule has 8 heteroatoms. The second kappa shape index (κ2) is 5.15. The molecule has 1 amide bonds. The van der Waals surface area contributed by atoms with Crippen LogP contribution in [0.3, 0.4) is 0 Å². The van der Waals surface area contributed by atoms with Gasteiger partial charge in [0.05, 0.1) is 22.0 Å². The number of nitrogens with two attached hydrogens (primary N) is 1. The van der Waals surface area contributed by atoms with E-state index < -0.39 is 5.91 Å². The Bertz CT molecular complexity index is 645. The summed E-state index contributed by atoms with van der Waals surface area (Å²) >= 11 is 5.88. The number of carbonyl (C=O) groups is 1. The van der Waals surface area contributed by atoms with Crippen LogP contribution in [-0.4, -0.2) is 26.1 Å². The van der Waals surface area contributed by atoms with Gasteiger partial charge in [-0.05, 0) is 19.9 Å². The van der Waals surface area contributed by atoms with E-state index in [1.807, 2.05) is 0 Å². The zero-order chi connectivity index (χ0) is 14.0. The van der Waals surface area contributed by atoms with Crippen LogP contribution < -0.4 is 11.1 Å². The molecule has 0 aliphatic heterocycles. The van der Waals surface area contributed by atoms with E-state index in [2.05, 4.69) is 25.5 Å². The van der Waals surface area contributed by atoms with Crippen molar-refractivity contribution >= 4 is 29.3 Å². The second-order valence-electron chi connectivity index (χ2n) is 3.85. The highest BCUT2D eigenvalue weighted by Crippen LogP contribution is 2.17. The summed E-state index contributed by atoms with van der Waals surface area (Å²) in [6, 6.07) is 1.38. The first kappa shape index (κ1) is 13.2. The maximum Gasteiger partial charge on any atom is 0.259 e. The zero-order valence-corrected chi connectivity index (χ0v) is 11.1. The van der Waals surface area contributed by atoms with Crippen molar-refractivity contribution < 1.29 is 4.79 Å². The highest BCUT2D eigenvalue weighted by atomic mass is 35.5. The fourth-order valence-electron chi connectivity index (χ4n) is 1.31. The van der Waals surface area contributed by atoms with E-state index in [0.717, 1.165) is 0 Å². The van der Waals surface area contributed by atoms with Crippen molar-refractivity contribution in [3.05, 3.63) is 34.2 Å². The van der Waals surface area contributed by atoms with Gasteiger partial charge in [0, 0.05) is 6.20 Å². The van der Waals surface area contributed by atoms with Crippen molar-refractivity contribution in [2.45, 2.75) is 13.8 Å². The lowest BCUT2D eigenvalue weighted by Gasteiger charge is -2.06. The van der Waals surface area contributed by atoms with Crippen LogP contribution in [0.5, 0.6) is 0 Å². The lowest BCUT2D eigenvalue weighted by molar-refractivity contribution is 0.102. The average Bonchev–Trinajstić information content (AvgIpc) is 2.36. The van der Waals surface area contributed by atoms with Gasteiger partial charge in [-0.15, -0.1) is 5.10 Å². The van der Waals surface area contributed by atoms with Crippen LogP contribution in [0, 0.1) is 13.8 Å². The quantitative estimate of drug-likeness (QED) is 0.859. The van der Waals surface area contributed by atoms with Crippen LogP contribution in [0.15, 0.2) is 12.3 Å². The third-order valence-corrected chi connectivity index (χ3v) is 2.74. The van der Waals surface area contributed by atoms with Gasteiger partial charge in [-0.2, -0.15) is 5.10 Å². The summed E-state index contributed by atoms with van der Waals surface area (Å²) in [6.45, 7) is 3.55. The molecule has 0 saturated carbocycles. The van der Waals surface area contributed by atoms with Gasteiger partial charge in [0.1, 0.15) is 5.82 Å². The summed E-state index contributed by atoms with van der Waals surface area (Å²) in [6.07, 6.45) is 1.31. The standard InChI is InChI=1S/C11H11ClN6O/c1-5-6(2)17-18-11(15-5)16-10(19)7-3-9(13)14-4-8(7)12/h3-4H,1-2H3,(H2,13,14)(H,15,16,18,19). The maximum atomic E-state index is 12.0. The lowest BCUT2D eigenvalue weighted by Crippen LogP contribution is -2.16. The molecule has 0 radical (unpaired) electrons. The van der Waals surface area contributed by atoms with Crippen molar-refractivity contribution in [3.63, 3.8) is 0 Å². The summed E-state index contributed by atoms with van der Waals surface area (Å²) in [5.74, 6) is -0.155. The minimum Gasteiger partial charge on any atom is -0.384 e. The van der Waals surface area contributed by atoms with Gasteiger partial charge in [-0.3, -0.25) is 10.1 Å². The molecule has 0 atom stereocenters. The normalized spacial score (nSPS) is 10.3. The smallest absolute Gasteiger partial charge is 0.259 e. The van der Waals surface area contributed by atoms with Crippen molar-refractivity contribution in [2.24, 2.45) is 0 Å². The number of nitrogens with zero attached hydrogens (tertiary/aromatic N) is 4. The minimum absolute atomic E-state index is 0.111. The summed E-state index contributed by atoms with van der Waals surface area (Å²) in [5.41, 5.74) is 7.10. The molecule has 0 spiro atoms. The van der Waals surface area contributed by atoms with Crippen molar-refractivity contribution in [1.29, 1.82) is 0 Å². The maximum absolute atomic E-state index is 12.0. The van der Waals surface area contributed by atoms with E-state index in [4.69, 9.17) is 17.3 Å². The summed E-state index contributed by atoms with van der Waals surface area (Å²) < 4.78 is 0. The Kier molecular flexibility index (Phi) is 3.57. The molecular formula is C11H11ClN6O. The van der Waals surface area contributed by atoms with Gasteiger partial charge in [0.25, 0.3) is 5.91 Å². The van der Waals surface area contributed by atoms with E-state index in [1.54, 1.807) is 13.8 Å². The predicted octanol–water partition coefficient (Wildman–Crippen LogP) is 1.37. The number of pyridine rings is 1. The zero-order valence-electron chi connectivity index (χ0n) is 10.3. The van der Waals surface area contributed by atoms with Gasteiger partial charge in [0.2, 0.25) is 5.95 Å². The molecule has 98 valence electrons. The largest absolute Gasteiger partial charge is 0.384 e. The number of rotatable bonds is 2. The Morgan fingerprint density at radius 2 is 2.05 bits per heavy atom. The Morgan fingerprint density at radius 1 is 1.32 bits per heavy atom. The molecule has 2 aromatic rings. The number of aryl methyl sites for hydroxylation is 2. The van der Waals surface area contributed by atoms with Crippen molar-refractivity contribution in [1.82, 2.24) is 20.2 Å². The molecule has 0 unspecified atom stereocenters. The first-order valence-electron chi connectivity index (χ1n) is 5.37. The van der Waals surface area contributed by atoms with Gasteiger partial charge in [0.15, 0.2) is 0 Å². The number of carbonyl (C=O) groups excluding carboxylic acids is 1. The SMILES string of the molecule is Cc1nnc(NC(=O)c2cc(N)ncc2Cl)nc1C. The molecule has 0 aromatic carbocycles. The summed E-state index contributed by atoms with van der Waals surface area (Å²) in [5, 5.41) is 10.3. The molecule has 19 heavy (non-hydrogen) atoms. The number of hydrogen-bond acceptors (Lipinski definition) is 6. The molecule has 0 fully saturated rings. The number of aromatic nitrogens is 4. The van der Waals surface area contributed by atoms with Gasteiger partial charge in [-0.25, -0.2) is 9.97 Å². The molecule has 0 saturated heterocycles. The van der Waals surface area contributed by atoms with E-state index in [1.165, 1.54) is 12.3 Å². The Labute approximate surface area is 114 Å². The van der Waals surface area contributed by atoms with Gasteiger partial charge < -0.3 is 5.73 Å². The van der Waals surface area contributed by atoms with E-state index in [-0.39, 0.29) is 22.4 Å². The monoisotopic (exact) mass is 278 g/mol. The van der Waals surface area contributed by atoms with Crippen LogP contribution in [0.2, 0.25) is 5.02 Å². The number of nitrogen functional groups attached to an aromatic ring is 1. The van der Waals surface area contributed by atoms with Crippen LogP contribution in [-0.2, 0) is 0 Å². The first-order chi connectivity index (χ1) is 8.97. The van der Waals surface area contributed by atoms with Crippen molar-refractivity contribution in [3.8, 4) is 0 Å². The molecular weight excluding hydrogens is 268 g/mol. The second-order valence-corrected chi connectivity index (χ2v) is 4.26. The molecule has 7 nitrogen and oxygen atoms in total. The molecule has 2 rings (SSSR count). The highest BCUT2D eigenvalue weighted by molar-refractivity contribution is 6.34. The summed E-state index contributed by atoms with van der Waals surface area (Å²) in [7, 11) is 0. The number of nitrogens with one attached hydrogen (secondary N) is 1. The molecule has 0 aliphatic carbocycles. The average molecular weight is 279 g/mol. The first-order valence-corrected chi connectivity index (χ1v) is 5.75. The Balaban J connectivity index is 2.25. The minimum atomic E-state index is -0.468. The molecule has 2 heterocycles. The molecule has 0 bridgehead atoms. The van der Waals surface area contributed by atoms with E-state index in [9.17, 15) is 4.79 Å². The highest BCUT2D eigenvalue weighted by Gasteiger charge is 2.13. The number of halogens is 1. The number of hydrogen-bond donors (Lipinski definition) is 2. The number of anilines is 2. The number of amides is 1. The topological polar surface area (TPSA) is 107 Å². The van der Waals surface area contributed by atoms with Crippen LogP contribution in [0.1, 0.15) is 21.7 Å². The third kappa shape index (κ3) is 2.94. The third-order valence-electron chi connectivity index (χ3n) is 2.44. The Morgan fingerprint density at radius 3 is 2.74 bits per heavy atom. The predicted molar refractivity (Wildman–Crippen MR) is 70.9 cm³/mol.